The lowest BCUT2D eigenvalue weighted by atomic mass is 9.43. The molecule has 0 aliphatic heterocycles. The zero-order valence-electron chi connectivity index (χ0n) is 20.1. The van der Waals surface area contributed by atoms with Gasteiger partial charge in [0.1, 0.15) is 0 Å². The quantitative estimate of drug-likeness (QED) is 0.629. The molecule has 11 atom stereocenters. The number of hydrogen-bond acceptors (Lipinski definition) is 4. The lowest BCUT2D eigenvalue weighted by Crippen LogP contribution is -2.62. The van der Waals surface area contributed by atoms with E-state index in [0.29, 0.717) is 35.5 Å². The van der Waals surface area contributed by atoms with Crippen LogP contribution in [0.1, 0.15) is 78.6 Å². The zero-order chi connectivity index (χ0) is 21.8. The van der Waals surface area contributed by atoms with Crippen LogP contribution in [0.4, 0.5) is 0 Å². The molecular formula is C26H47NO3. The first kappa shape index (κ1) is 23.0. The third-order valence-corrected chi connectivity index (χ3v) is 10.8. The van der Waals surface area contributed by atoms with E-state index < -0.39 is 0 Å². The van der Waals surface area contributed by atoms with Gasteiger partial charge in [-0.25, -0.2) is 0 Å². The minimum Gasteiger partial charge on any atom is -0.393 e. The number of nitrogens with zero attached hydrogens (tertiary/aromatic N) is 1. The molecule has 0 unspecified atom stereocenters. The number of aliphatic hydroxyl groups excluding tert-OH is 3. The van der Waals surface area contributed by atoms with Crippen LogP contribution in [0.5, 0.6) is 0 Å². The molecule has 4 heteroatoms. The molecule has 0 aromatic rings. The molecule has 174 valence electrons. The first-order valence-electron chi connectivity index (χ1n) is 12.8. The van der Waals surface area contributed by atoms with Crippen LogP contribution >= 0.6 is 0 Å². The Hall–Kier alpha value is -0.160. The van der Waals surface area contributed by atoms with Crippen molar-refractivity contribution in [1.29, 1.82) is 0 Å². The maximum atomic E-state index is 11.6. The summed E-state index contributed by atoms with van der Waals surface area (Å²) in [6.45, 7) is 8.32. The average molecular weight is 422 g/mol. The predicted molar refractivity (Wildman–Crippen MR) is 121 cm³/mol. The van der Waals surface area contributed by atoms with Gasteiger partial charge in [0.2, 0.25) is 0 Å². The molecule has 0 spiro atoms. The van der Waals surface area contributed by atoms with E-state index in [-0.39, 0.29) is 29.1 Å². The first-order valence-corrected chi connectivity index (χ1v) is 12.8. The fraction of sp³-hybridized carbons (Fsp3) is 1.00. The lowest BCUT2D eigenvalue weighted by Gasteiger charge is -2.63. The molecule has 0 aromatic heterocycles. The maximum Gasteiger partial charge on any atom is 0.0602 e. The van der Waals surface area contributed by atoms with Crippen molar-refractivity contribution < 1.29 is 15.3 Å². The van der Waals surface area contributed by atoms with E-state index in [9.17, 15) is 15.3 Å². The van der Waals surface area contributed by atoms with Gasteiger partial charge in [-0.05, 0) is 125 Å². The van der Waals surface area contributed by atoms with E-state index in [0.717, 1.165) is 45.1 Å². The molecule has 0 amide bonds. The van der Waals surface area contributed by atoms with Crippen molar-refractivity contribution in [3.05, 3.63) is 0 Å². The Balaban J connectivity index is 1.56. The highest BCUT2D eigenvalue weighted by atomic mass is 16.3. The van der Waals surface area contributed by atoms with Crippen molar-refractivity contribution in [1.82, 2.24) is 4.90 Å². The molecule has 4 rings (SSSR count). The zero-order valence-corrected chi connectivity index (χ0v) is 20.1. The number of rotatable bonds is 5. The van der Waals surface area contributed by atoms with E-state index in [4.69, 9.17) is 0 Å². The van der Waals surface area contributed by atoms with E-state index in [1.807, 2.05) is 0 Å². The van der Waals surface area contributed by atoms with Crippen LogP contribution in [-0.2, 0) is 0 Å². The highest BCUT2D eigenvalue weighted by molar-refractivity contribution is 5.14. The molecule has 4 nitrogen and oxygen atoms in total. The van der Waals surface area contributed by atoms with Gasteiger partial charge < -0.3 is 20.2 Å². The summed E-state index contributed by atoms with van der Waals surface area (Å²) in [6.07, 6.45) is 8.55. The summed E-state index contributed by atoms with van der Waals surface area (Å²) in [7, 11) is 4.29. The monoisotopic (exact) mass is 421 g/mol. The van der Waals surface area contributed by atoms with Gasteiger partial charge in [-0.2, -0.15) is 0 Å². The Labute approximate surface area is 184 Å². The smallest absolute Gasteiger partial charge is 0.0602 e. The third-order valence-electron chi connectivity index (χ3n) is 10.8. The number of hydrogen-bond donors (Lipinski definition) is 3. The molecular weight excluding hydrogens is 374 g/mol. The first-order chi connectivity index (χ1) is 14.1. The molecule has 4 aliphatic carbocycles. The molecule has 0 aromatic carbocycles. The van der Waals surface area contributed by atoms with Crippen LogP contribution in [0.2, 0.25) is 0 Å². The van der Waals surface area contributed by atoms with Crippen LogP contribution < -0.4 is 0 Å². The Bertz CT molecular complexity index is 611. The van der Waals surface area contributed by atoms with Crippen molar-refractivity contribution in [3.63, 3.8) is 0 Å². The fourth-order valence-corrected chi connectivity index (χ4v) is 9.06. The highest BCUT2D eigenvalue weighted by Crippen LogP contribution is 2.68. The average Bonchev–Trinajstić information content (AvgIpc) is 3.02. The van der Waals surface area contributed by atoms with E-state index in [1.165, 1.54) is 19.3 Å². The second-order valence-corrected chi connectivity index (χ2v) is 12.4. The van der Waals surface area contributed by atoms with Crippen LogP contribution in [0.25, 0.3) is 0 Å². The predicted octanol–water partition coefficient (Wildman–Crippen LogP) is 3.93. The minimum absolute atomic E-state index is 0.0585. The standard InChI is InChI=1S/C26H47NO3/c1-16(7-6-12-27(4)5)19-8-9-20-24-21(15-23(30)26(19,20)3)25(2)11-10-18(28)13-17(25)14-22(24)29/h16-24,28-30H,6-15H2,1-5H3/t16-,17+,18-,19-,20+,21+,22-,23+,24+,25+,26-/m1/s1. The van der Waals surface area contributed by atoms with Gasteiger partial charge in [-0.3, -0.25) is 0 Å². The molecule has 0 radical (unpaired) electrons. The Morgan fingerprint density at radius 1 is 0.967 bits per heavy atom. The second kappa shape index (κ2) is 8.32. The van der Waals surface area contributed by atoms with Gasteiger partial charge in [0, 0.05) is 0 Å². The molecule has 3 N–H and O–H groups in total. The molecule has 4 fully saturated rings. The summed E-state index contributed by atoms with van der Waals surface area (Å²) < 4.78 is 0. The van der Waals surface area contributed by atoms with Crippen LogP contribution in [-0.4, -0.2) is 59.2 Å². The minimum atomic E-state index is -0.266. The normalized spacial score (nSPS) is 51.9. The Morgan fingerprint density at radius 3 is 2.40 bits per heavy atom. The third kappa shape index (κ3) is 3.58. The highest BCUT2D eigenvalue weighted by Gasteiger charge is 2.65. The SMILES string of the molecule is C[C@H](CCCN(C)C)[C@H]1CC[C@H]2[C@@H]3[C@H](O)C[C@@H]4C[C@H](O)CC[C@]4(C)[C@H]3C[C@H](O)[C@]12C. The summed E-state index contributed by atoms with van der Waals surface area (Å²) in [6, 6.07) is 0. The number of aliphatic hydroxyl groups is 3. The topological polar surface area (TPSA) is 63.9 Å². The van der Waals surface area contributed by atoms with Gasteiger partial charge in [0.05, 0.1) is 18.3 Å². The van der Waals surface area contributed by atoms with Crippen LogP contribution in [0.3, 0.4) is 0 Å². The second-order valence-electron chi connectivity index (χ2n) is 12.4. The van der Waals surface area contributed by atoms with Crippen molar-refractivity contribution >= 4 is 0 Å². The van der Waals surface area contributed by atoms with Gasteiger partial charge >= 0.3 is 0 Å². The van der Waals surface area contributed by atoms with E-state index in [1.54, 1.807) is 0 Å². The van der Waals surface area contributed by atoms with Crippen molar-refractivity contribution in [2.75, 3.05) is 20.6 Å². The molecule has 0 saturated heterocycles. The molecule has 4 saturated carbocycles. The van der Waals surface area contributed by atoms with Crippen molar-refractivity contribution in [3.8, 4) is 0 Å². The van der Waals surface area contributed by atoms with Gasteiger partial charge in [0.25, 0.3) is 0 Å². The Kier molecular flexibility index (Phi) is 6.38. The molecule has 0 bridgehead atoms. The largest absolute Gasteiger partial charge is 0.393 e. The van der Waals surface area contributed by atoms with Gasteiger partial charge in [0.15, 0.2) is 0 Å². The number of fused-ring (bicyclic) bond motifs is 5. The van der Waals surface area contributed by atoms with Crippen molar-refractivity contribution in [2.24, 2.45) is 46.3 Å². The molecule has 30 heavy (non-hydrogen) atoms. The summed E-state index contributed by atoms with van der Waals surface area (Å²) in [5.74, 6) is 2.75. The summed E-state index contributed by atoms with van der Waals surface area (Å²) >= 11 is 0. The van der Waals surface area contributed by atoms with E-state index in [2.05, 4.69) is 39.8 Å². The van der Waals surface area contributed by atoms with Gasteiger partial charge in [-0.1, -0.05) is 20.8 Å². The van der Waals surface area contributed by atoms with E-state index >= 15 is 0 Å². The lowest BCUT2D eigenvalue weighted by molar-refractivity contribution is -0.207. The molecule has 4 aliphatic rings. The van der Waals surface area contributed by atoms with Gasteiger partial charge in [-0.15, -0.1) is 0 Å². The molecule has 0 heterocycles. The van der Waals surface area contributed by atoms with Crippen LogP contribution in [0.15, 0.2) is 0 Å². The maximum absolute atomic E-state index is 11.6. The Morgan fingerprint density at radius 2 is 1.70 bits per heavy atom. The summed E-state index contributed by atoms with van der Waals surface area (Å²) in [4.78, 5) is 2.27. The van der Waals surface area contributed by atoms with Crippen LogP contribution in [0, 0.1) is 46.3 Å². The summed E-state index contributed by atoms with van der Waals surface area (Å²) in [5, 5.41) is 33.2. The van der Waals surface area contributed by atoms with Crippen molar-refractivity contribution in [2.45, 2.75) is 96.9 Å². The summed E-state index contributed by atoms with van der Waals surface area (Å²) in [5.41, 5.74) is 0.109. The fourth-order valence-electron chi connectivity index (χ4n) is 9.06.